The van der Waals surface area contributed by atoms with E-state index < -0.39 is 0 Å². The first kappa shape index (κ1) is 14.0. The third-order valence-electron chi connectivity index (χ3n) is 4.54. The standard InChI is InChI=1S/C18H22N2O/c1-15(16-7-3-2-4-8-16)19-11-13-20(14-12-19)17-9-5-6-10-18(17)21/h2-10,15,21H,11-14H2,1H3/p+1/t15-/m1/s1. The average molecular weight is 283 g/mol. The maximum absolute atomic E-state index is 9.97. The average Bonchev–Trinajstić information content (AvgIpc) is 2.56. The minimum Gasteiger partial charge on any atom is -0.506 e. The summed E-state index contributed by atoms with van der Waals surface area (Å²) in [6, 6.07) is 18.9. The van der Waals surface area contributed by atoms with Gasteiger partial charge < -0.3 is 14.9 Å². The molecule has 3 nitrogen and oxygen atoms in total. The van der Waals surface area contributed by atoms with Gasteiger partial charge in [0.1, 0.15) is 11.8 Å². The largest absolute Gasteiger partial charge is 0.506 e. The topological polar surface area (TPSA) is 27.9 Å². The third kappa shape index (κ3) is 3.03. The monoisotopic (exact) mass is 283 g/mol. The van der Waals surface area contributed by atoms with Crippen molar-refractivity contribution in [3.63, 3.8) is 0 Å². The van der Waals surface area contributed by atoms with Crippen molar-refractivity contribution < 1.29 is 10.0 Å². The molecule has 0 unspecified atom stereocenters. The number of quaternary nitrogens is 1. The highest BCUT2D eigenvalue weighted by Crippen LogP contribution is 2.26. The van der Waals surface area contributed by atoms with Gasteiger partial charge in [-0.05, 0) is 19.1 Å². The molecule has 0 amide bonds. The fourth-order valence-corrected chi connectivity index (χ4v) is 3.18. The lowest BCUT2D eigenvalue weighted by Gasteiger charge is -2.36. The smallest absolute Gasteiger partial charge is 0.138 e. The van der Waals surface area contributed by atoms with Gasteiger partial charge in [0.15, 0.2) is 0 Å². The minimum absolute atomic E-state index is 0.386. The zero-order valence-corrected chi connectivity index (χ0v) is 12.5. The Hall–Kier alpha value is -2.00. The molecule has 1 fully saturated rings. The second-order valence-electron chi connectivity index (χ2n) is 5.77. The normalized spacial score (nSPS) is 17.7. The predicted octanol–water partition coefficient (Wildman–Crippen LogP) is 1.86. The van der Waals surface area contributed by atoms with Crippen LogP contribution in [0.15, 0.2) is 54.6 Å². The minimum atomic E-state index is 0.386. The zero-order chi connectivity index (χ0) is 14.7. The van der Waals surface area contributed by atoms with E-state index in [0.29, 0.717) is 11.8 Å². The Bertz CT molecular complexity index is 577. The van der Waals surface area contributed by atoms with Crippen molar-refractivity contribution in [2.45, 2.75) is 13.0 Å². The molecule has 1 saturated heterocycles. The number of nitrogens with zero attached hydrogens (tertiary/aromatic N) is 1. The van der Waals surface area contributed by atoms with E-state index in [1.807, 2.05) is 18.2 Å². The Morgan fingerprint density at radius 3 is 2.24 bits per heavy atom. The predicted molar refractivity (Wildman–Crippen MR) is 85.9 cm³/mol. The van der Waals surface area contributed by atoms with Crippen molar-refractivity contribution in [3.05, 3.63) is 60.2 Å². The molecule has 2 N–H and O–H groups in total. The lowest BCUT2D eigenvalue weighted by atomic mass is 10.1. The highest BCUT2D eigenvalue weighted by Gasteiger charge is 2.26. The Morgan fingerprint density at radius 2 is 1.57 bits per heavy atom. The molecule has 3 rings (SSSR count). The van der Waals surface area contributed by atoms with Gasteiger partial charge in [-0.15, -0.1) is 0 Å². The molecule has 3 heteroatoms. The molecular weight excluding hydrogens is 260 g/mol. The first-order chi connectivity index (χ1) is 10.3. The molecule has 21 heavy (non-hydrogen) atoms. The van der Waals surface area contributed by atoms with Crippen LogP contribution >= 0.6 is 0 Å². The van der Waals surface area contributed by atoms with E-state index in [4.69, 9.17) is 0 Å². The molecule has 110 valence electrons. The Morgan fingerprint density at radius 1 is 0.952 bits per heavy atom. The number of nitrogens with one attached hydrogen (secondary N) is 1. The number of phenolic OH excluding ortho intramolecular Hbond substituents is 1. The number of benzene rings is 2. The van der Waals surface area contributed by atoms with Crippen molar-refractivity contribution in [2.24, 2.45) is 0 Å². The van der Waals surface area contributed by atoms with Crippen molar-refractivity contribution >= 4 is 5.69 Å². The maximum atomic E-state index is 9.97. The fourth-order valence-electron chi connectivity index (χ4n) is 3.18. The van der Waals surface area contributed by atoms with Crippen LogP contribution in [0.2, 0.25) is 0 Å². The van der Waals surface area contributed by atoms with Crippen LogP contribution in [0, 0.1) is 0 Å². The third-order valence-corrected chi connectivity index (χ3v) is 4.54. The van der Waals surface area contributed by atoms with Crippen LogP contribution in [0.1, 0.15) is 18.5 Å². The molecule has 0 saturated carbocycles. The van der Waals surface area contributed by atoms with E-state index in [1.165, 1.54) is 5.56 Å². The quantitative estimate of drug-likeness (QED) is 0.900. The van der Waals surface area contributed by atoms with Gasteiger partial charge in [-0.25, -0.2) is 0 Å². The SMILES string of the molecule is C[C@H](c1ccccc1)[NH+]1CCN(c2ccccc2O)CC1. The lowest BCUT2D eigenvalue weighted by Crippen LogP contribution is -3.14. The number of hydrogen-bond acceptors (Lipinski definition) is 2. The number of para-hydroxylation sites is 2. The molecule has 1 aliphatic rings. The van der Waals surface area contributed by atoms with Crippen LogP contribution in [0.3, 0.4) is 0 Å². The molecule has 0 aliphatic carbocycles. The van der Waals surface area contributed by atoms with Crippen molar-refractivity contribution in [1.29, 1.82) is 0 Å². The summed E-state index contributed by atoms with van der Waals surface area (Å²) >= 11 is 0. The zero-order valence-electron chi connectivity index (χ0n) is 12.5. The molecule has 1 aliphatic heterocycles. The second kappa shape index (κ2) is 6.19. The summed E-state index contributed by atoms with van der Waals surface area (Å²) in [5, 5.41) is 9.97. The van der Waals surface area contributed by atoms with Crippen LogP contribution in [0.5, 0.6) is 5.75 Å². The molecular formula is C18H23N2O+. The number of phenols is 1. The van der Waals surface area contributed by atoms with Gasteiger partial charge >= 0.3 is 0 Å². The molecule has 2 aromatic rings. The summed E-state index contributed by atoms with van der Waals surface area (Å²) in [5.41, 5.74) is 2.37. The number of piperazine rings is 1. The number of hydrogen-bond donors (Lipinski definition) is 2. The van der Waals surface area contributed by atoms with Crippen LogP contribution in [-0.2, 0) is 0 Å². The van der Waals surface area contributed by atoms with Gasteiger partial charge in [0, 0.05) is 5.56 Å². The summed E-state index contributed by atoms with van der Waals surface area (Å²) in [6.45, 7) is 6.49. The Kier molecular flexibility index (Phi) is 4.11. The first-order valence-corrected chi connectivity index (χ1v) is 7.68. The van der Waals surface area contributed by atoms with Crippen molar-refractivity contribution in [3.8, 4) is 5.75 Å². The van der Waals surface area contributed by atoms with Crippen LogP contribution < -0.4 is 9.80 Å². The summed E-state index contributed by atoms with van der Waals surface area (Å²) in [5.74, 6) is 0.386. The molecule has 0 bridgehead atoms. The van der Waals surface area contributed by atoms with Crippen molar-refractivity contribution in [1.82, 2.24) is 0 Å². The van der Waals surface area contributed by atoms with Gasteiger partial charge in [0.2, 0.25) is 0 Å². The number of rotatable bonds is 3. The Balaban J connectivity index is 1.64. The maximum Gasteiger partial charge on any atom is 0.138 e. The highest BCUT2D eigenvalue weighted by molar-refractivity contribution is 5.57. The fraction of sp³-hybridized carbons (Fsp3) is 0.333. The first-order valence-electron chi connectivity index (χ1n) is 7.68. The molecule has 0 spiro atoms. The van der Waals surface area contributed by atoms with Gasteiger partial charge in [0.25, 0.3) is 0 Å². The molecule has 2 aromatic carbocycles. The number of aromatic hydroxyl groups is 1. The van der Waals surface area contributed by atoms with Crippen LogP contribution in [0.25, 0.3) is 0 Å². The van der Waals surface area contributed by atoms with Gasteiger partial charge in [-0.1, -0.05) is 42.5 Å². The van der Waals surface area contributed by atoms with E-state index in [9.17, 15) is 5.11 Å². The second-order valence-corrected chi connectivity index (χ2v) is 5.77. The van der Waals surface area contributed by atoms with E-state index >= 15 is 0 Å². The lowest BCUT2D eigenvalue weighted by molar-refractivity contribution is -0.930. The molecule has 0 radical (unpaired) electrons. The van der Waals surface area contributed by atoms with Gasteiger partial charge in [-0.3, -0.25) is 0 Å². The summed E-state index contributed by atoms with van der Waals surface area (Å²) in [7, 11) is 0. The van der Waals surface area contributed by atoms with E-state index in [0.717, 1.165) is 31.9 Å². The molecule has 1 atom stereocenters. The van der Waals surface area contributed by atoms with E-state index in [-0.39, 0.29) is 0 Å². The summed E-state index contributed by atoms with van der Waals surface area (Å²) in [4.78, 5) is 3.91. The Labute approximate surface area is 126 Å². The van der Waals surface area contributed by atoms with Crippen molar-refractivity contribution in [2.75, 3.05) is 31.1 Å². The molecule has 0 aromatic heterocycles. The van der Waals surface area contributed by atoms with Crippen LogP contribution in [-0.4, -0.2) is 31.3 Å². The van der Waals surface area contributed by atoms with Gasteiger partial charge in [-0.2, -0.15) is 0 Å². The van der Waals surface area contributed by atoms with E-state index in [1.54, 1.807) is 11.0 Å². The number of anilines is 1. The molecule has 1 heterocycles. The summed E-state index contributed by atoms with van der Waals surface area (Å²) < 4.78 is 0. The van der Waals surface area contributed by atoms with E-state index in [2.05, 4.69) is 42.2 Å². The highest BCUT2D eigenvalue weighted by atomic mass is 16.3. The van der Waals surface area contributed by atoms with Gasteiger partial charge in [0.05, 0.1) is 31.9 Å². The summed E-state index contributed by atoms with van der Waals surface area (Å²) in [6.07, 6.45) is 0. The van der Waals surface area contributed by atoms with Crippen LogP contribution in [0.4, 0.5) is 5.69 Å².